The number of aromatic nitrogens is 1. The van der Waals surface area contributed by atoms with Crippen LogP contribution in [0.5, 0.6) is 0 Å². The number of carbonyl (C=O) groups excluding carboxylic acids is 1. The summed E-state index contributed by atoms with van der Waals surface area (Å²) in [6, 6.07) is 17.4. The van der Waals surface area contributed by atoms with E-state index in [4.69, 9.17) is 16.0 Å². The van der Waals surface area contributed by atoms with Crippen molar-refractivity contribution in [1.29, 1.82) is 0 Å². The first-order chi connectivity index (χ1) is 14.6. The Morgan fingerprint density at radius 2 is 1.90 bits per heavy atom. The highest BCUT2D eigenvalue weighted by Gasteiger charge is 2.40. The molecule has 1 saturated heterocycles. The van der Waals surface area contributed by atoms with Crippen molar-refractivity contribution >= 4 is 17.5 Å². The molecule has 0 bridgehead atoms. The van der Waals surface area contributed by atoms with Crippen LogP contribution in [-0.2, 0) is 11.3 Å². The van der Waals surface area contributed by atoms with Crippen molar-refractivity contribution in [3.63, 3.8) is 0 Å². The summed E-state index contributed by atoms with van der Waals surface area (Å²) in [5.74, 6) is 1.29. The van der Waals surface area contributed by atoms with E-state index in [1.807, 2.05) is 48.5 Å². The Kier molecular flexibility index (Phi) is 4.81. The molecule has 1 fully saturated rings. The van der Waals surface area contributed by atoms with Crippen molar-refractivity contribution in [2.24, 2.45) is 0 Å². The number of hydrazine groups is 1. The summed E-state index contributed by atoms with van der Waals surface area (Å²) in [5, 5.41) is 2.57. The van der Waals surface area contributed by atoms with Gasteiger partial charge in [-0.15, -0.1) is 0 Å². The topological polar surface area (TPSA) is 61.6 Å². The van der Waals surface area contributed by atoms with Crippen LogP contribution in [0.1, 0.15) is 29.5 Å². The maximum absolute atomic E-state index is 13.1. The van der Waals surface area contributed by atoms with Crippen LogP contribution in [0.3, 0.4) is 0 Å². The van der Waals surface area contributed by atoms with Crippen LogP contribution in [0.2, 0.25) is 5.02 Å². The first-order valence-electron chi connectivity index (χ1n) is 9.89. The van der Waals surface area contributed by atoms with Crippen molar-refractivity contribution in [2.75, 3.05) is 0 Å². The van der Waals surface area contributed by atoms with Gasteiger partial charge >= 0.3 is 0 Å². The van der Waals surface area contributed by atoms with Gasteiger partial charge in [-0.2, -0.15) is 0 Å². The average molecular weight is 421 g/mol. The Bertz CT molecular complexity index is 1090. The van der Waals surface area contributed by atoms with Crippen LogP contribution >= 0.6 is 11.6 Å². The van der Waals surface area contributed by atoms with E-state index in [9.17, 15) is 4.79 Å². The molecule has 0 saturated carbocycles. The fraction of sp³-hybridized carbons (Fsp3) is 0.217. The number of carbonyl (C=O) groups is 1. The van der Waals surface area contributed by atoms with Gasteiger partial charge in [0.25, 0.3) is 5.91 Å². The Hall–Kier alpha value is -3.09. The number of hydrogen-bond acceptors (Lipinski definition) is 5. The lowest BCUT2D eigenvalue weighted by molar-refractivity contribution is -0.135. The number of halogens is 1. The van der Waals surface area contributed by atoms with E-state index < -0.39 is 0 Å². The zero-order valence-corrected chi connectivity index (χ0v) is 17.2. The molecule has 3 aromatic rings. The molecule has 2 unspecified atom stereocenters. The summed E-state index contributed by atoms with van der Waals surface area (Å²) < 4.78 is 5.84. The predicted octanol–water partition coefficient (Wildman–Crippen LogP) is 4.44. The van der Waals surface area contributed by atoms with Crippen molar-refractivity contribution in [2.45, 2.75) is 32.0 Å². The van der Waals surface area contributed by atoms with Crippen LogP contribution in [0, 0.1) is 6.92 Å². The summed E-state index contributed by atoms with van der Waals surface area (Å²) in [4.78, 5) is 19.5. The van der Waals surface area contributed by atoms with Crippen LogP contribution in [0.25, 0.3) is 11.5 Å². The SMILES string of the molecule is Cc1oc(-c2ccc(Cl)cc2)nc1CN1C=CN2NC(c3ccccc3)CC2C1=O. The Morgan fingerprint density at radius 1 is 1.13 bits per heavy atom. The third kappa shape index (κ3) is 3.49. The number of benzene rings is 2. The van der Waals surface area contributed by atoms with Crippen molar-refractivity contribution in [3.05, 3.63) is 89.0 Å². The molecule has 3 heterocycles. The molecule has 30 heavy (non-hydrogen) atoms. The lowest BCUT2D eigenvalue weighted by Crippen LogP contribution is -2.47. The van der Waals surface area contributed by atoms with Gasteiger partial charge in [0.05, 0.1) is 12.6 Å². The summed E-state index contributed by atoms with van der Waals surface area (Å²) in [6.07, 6.45) is 4.44. The first-order valence-corrected chi connectivity index (χ1v) is 10.3. The molecule has 0 radical (unpaired) electrons. The molecule has 7 heteroatoms. The molecule has 2 atom stereocenters. The van der Waals surface area contributed by atoms with Crippen molar-refractivity contribution in [1.82, 2.24) is 20.3 Å². The predicted molar refractivity (Wildman–Crippen MR) is 114 cm³/mol. The van der Waals surface area contributed by atoms with Gasteiger partial charge in [0.1, 0.15) is 17.5 Å². The van der Waals surface area contributed by atoms with E-state index in [0.29, 0.717) is 23.2 Å². The average Bonchev–Trinajstić information content (AvgIpc) is 3.36. The van der Waals surface area contributed by atoms with Crippen LogP contribution < -0.4 is 5.43 Å². The summed E-state index contributed by atoms with van der Waals surface area (Å²) in [7, 11) is 0. The quantitative estimate of drug-likeness (QED) is 0.676. The number of nitrogens with zero attached hydrogens (tertiary/aromatic N) is 3. The lowest BCUT2D eigenvalue weighted by Gasteiger charge is -2.31. The second-order valence-corrected chi connectivity index (χ2v) is 7.98. The molecule has 152 valence electrons. The van der Waals surface area contributed by atoms with Gasteiger partial charge < -0.3 is 14.3 Å². The number of nitrogens with one attached hydrogen (secondary N) is 1. The molecule has 5 rings (SSSR count). The van der Waals surface area contributed by atoms with E-state index >= 15 is 0 Å². The zero-order valence-electron chi connectivity index (χ0n) is 16.5. The smallest absolute Gasteiger partial charge is 0.251 e. The molecule has 1 amide bonds. The molecule has 2 aliphatic rings. The van der Waals surface area contributed by atoms with E-state index in [0.717, 1.165) is 17.7 Å². The van der Waals surface area contributed by atoms with Gasteiger partial charge in [0.2, 0.25) is 5.89 Å². The maximum Gasteiger partial charge on any atom is 0.251 e. The second kappa shape index (κ2) is 7.63. The van der Waals surface area contributed by atoms with Gasteiger partial charge in [-0.05, 0) is 43.2 Å². The third-order valence-corrected chi connectivity index (χ3v) is 5.83. The van der Waals surface area contributed by atoms with Crippen molar-refractivity contribution < 1.29 is 9.21 Å². The molecule has 2 aromatic carbocycles. The fourth-order valence-electron chi connectivity index (χ4n) is 3.92. The van der Waals surface area contributed by atoms with Gasteiger partial charge in [0.15, 0.2) is 0 Å². The Labute approximate surface area is 179 Å². The number of amides is 1. The highest BCUT2D eigenvalue weighted by atomic mass is 35.5. The minimum atomic E-state index is -0.233. The Balaban J connectivity index is 1.32. The van der Waals surface area contributed by atoms with Gasteiger partial charge in [0, 0.05) is 23.0 Å². The summed E-state index contributed by atoms with van der Waals surface area (Å²) in [6.45, 7) is 2.24. The molecular weight excluding hydrogens is 400 g/mol. The first kappa shape index (κ1) is 18.9. The monoisotopic (exact) mass is 420 g/mol. The van der Waals surface area contributed by atoms with Crippen LogP contribution in [-0.4, -0.2) is 26.8 Å². The largest absolute Gasteiger partial charge is 0.441 e. The number of rotatable bonds is 4. The third-order valence-electron chi connectivity index (χ3n) is 5.58. The van der Waals surface area contributed by atoms with E-state index in [-0.39, 0.29) is 18.0 Å². The van der Waals surface area contributed by atoms with E-state index in [1.165, 1.54) is 5.56 Å². The van der Waals surface area contributed by atoms with Gasteiger partial charge in [-0.1, -0.05) is 41.9 Å². The fourth-order valence-corrected chi connectivity index (χ4v) is 4.05. The number of fused-ring (bicyclic) bond motifs is 1. The number of aryl methyl sites for hydroxylation is 1. The summed E-state index contributed by atoms with van der Waals surface area (Å²) >= 11 is 5.96. The second-order valence-electron chi connectivity index (χ2n) is 7.54. The van der Waals surface area contributed by atoms with Crippen LogP contribution in [0.15, 0.2) is 71.4 Å². The lowest BCUT2D eigenvalue weighted by atomic mass is 10.0. The Morgan fingerprint density at radius 3 is 2.67 bits per heavy atom. The maximum atomic E-state index is 13.1. The van der Waals surface area contributed by atoms with E-state index in [1.54, 1.807) is 23.2 Å². The summed E-state index contributed by atoms with van der Waals surface area (Å²) in [5.41, 5.74) is 6.20. The zero-order chi connectivity index (χ0) is 20.7. The van der Waals surface area contributed by atoms with E-state index in [2.05, 4.69) is 22.5 Å². The standard InChI is InChI=1S/C23H21ClN4O2/c1-15-20(25-22(30-15)17-7-9-18(24)10-8-17)14-27-11-12-28-21(23(27)29)13-19(26-28)16-5-3-2-4-6-16/h2-12,19,21,26H,13-14H2,1H3. The molecule has 1 aromatic heterocycles. The number of hydrogen-bond donors (Lipinski definition) is 1. The minimum Gasteiger partial charge on any atom is -0.441 e. The van der Waals surface area contributed by atoms with Gasteiger partial charge in [-0.25, -0.2) is 10.4 Å². The molecule has 1 N–H and O–H groups in total. The van der Waals surface area contributed by atoms with Crippen LogP contribution in [0.4, 0.5) is 0 Å². The molecule has 0 aliphatic carbocycles. The highest BCUT2D eigenvalue weighted by molar-refractivity contribution is 6.30. The molecule has 6 nitrogen and oxygen atoms in total. The van der Waals surface area contributed by atoms with Crippen molar-refractivity contribution in [3.8, 4) is 11.5 Å². The minimum absolute atomic E-state index is 0.0545. The van der Waals surface area contributed by atoms with Gasteiger partial charge in [-0.3, -0.25) is 4.79 Å². The molecule has 2 aliphatic heterocycles. The molecule has 0 spiro atoms. The normalized spacial score (nSPS) is 20.7. The highest BCUT2D eigenvalue weighted by Crippen LogP contribution is 2.31. The number of oxazole rings is 1. The molecular formula is C23H21ClN4O2.